The number of halogens is 2. The van der Waals surface area contributed by atoms with Crippen LogP contribution in [0.5, 0.6) is 0 Å². The Hall–Kier alpha value is 0.0900. The zero-order valence-electron chi connectivity index (χ0n) is 8.80. The first-order chi connectivity index (χ1) is 6.72. The van der Waals surface area contributed by atoms with Gasteiger partial charge in [-0.1, -0.05) is 11.6 Å². The van der Waals surface area contributed by atoms with Crippen molar-refractivity contribution in [1.29, 1.82) is 0 Å². The molecule has 0 saturated carbocycles. The lowest BCUT2D eigenvalue weighted by Gasteiger charge is -2.01. The quantitative estimate of drug-likeness (QED) is 0.346. The average Bonchev–Trinajstić information content (AvgIpc) is 2.18. The maximum atomic E-state index is 2.38. The van der Waals surface area contributed by atoms with Crippen LogP contribution >= 0.6 is 22.6 Å². The second kappa shape index (κ2) is 5.43. The number of nitrogens with zero attached hydrogens (tertiary/aromatic N) is 1. The van der Waals surface area contributed by atoms with Crippen molar-refractivity contribution in [2.75, 3.05) is 0 Å². The molecule has 0 aliphatic rings. The number of hydrogen-bond acceptors (Lipinski definition) is 0. The second-order valence-corrected chi connectivity index (χ2v) is 4.57. The first-order valence-electron chi connectivity index (χ1n) is 4.81. The van der Waals surface area contributed by atoms with Gasteiger partial charge in [0.05, 0.1) is 0 Å². The maximum Gasteiger partial charge on any atom is 0.241 e. The molecule has 2 rings (SSSR count). The summed E-state index contributed by atoms with van der Waals surface area (Å²) in [7, 11) is 0. The third-order valence-corrected chi connectivity index (χ3v) is 3.39. The molecule has 0 bridgehead atoms. The van der Waals surface area contributed by atoms with E-state index in [4.69, 9.17) is 0 Å². The highest BCUT2D eigenvalue weighted by molar-refractivity contribution is 14.1. The molecule has 0 fully saturated rings. The van der Waals surface area contributed by atoms with Crippen LogP contribution in [0, 0.1) is 10.6 Å². The van der Waals surface area contributed by atoms with Gasteiger partial charge in [-0.05, 0) is 26.0 Å². The minimum atomic E-state index is 0. The fourth-order valence-electron chi connectivity index (χ4n) is 1.74. The molecule has 1 nitrogen and oxygen atoms in total. The molecule has 1 heterocycles. The van der Waals surface area contributed by atoms with Crippen molar-refractivity contribution in [3.63, 3.8) is 0 Å². The van der Waals surface area contributed by atoms with Crippen molar-refractivity contribution in [3.05, 3.63) is 39.6 Å². The van der Waals surface area contributed by atoms with E-state index in [-0.39, 0.29) is 24.0 Å². The highest BCUT2D eigenvalue weighted by Gasteiger charge is 2.10. The van der Waals surface area contributed by atoms with Crippen molar-refractivity contribution in [3.8, 4) is 0 Å². The number of benzene rings is 1. The third-order valence-electron chi connectivity index (χ3n) is 2.45. The summed E-state index contributed by atoms with van der Waals surface area (Å²) in [6.45, 7) is 5.34. The minimum Gasteiger partial charge on any atom is -1.00 e. The predicted molar refractivity (Wildman–Crippen MR) is 67.3 cm³/mol. The first-order valence-corrected chi connectivity index (χ1v) is 5.89. The maximum absolute atomic E-state index is 2.38. The van der Waals surface area contributed by atoms with Gasteiger partial charge in [0.2, 0.25) is 9.22 Å². The smallest absolute Gasteiger partial charge is 0.241 e. The Morgan fingerprint density at radius 3 is 2.60 bits per heavy atom. The van der Waals surface area contributed by atoms with Gasteiger partial charge in [-0.15, -0.1) is 0 Å². The second-order valence-electron chi connectivity index (χ2n) is 3.46. The summed E-state index contributed by atoms with van der Waals surface area (Å²) in [5.74, 6) is 0. The largest absolute Gasteiger partial charge is 1.00 e. The molecule has 1 aromatic heterocycles. The van der Waals surface area contributed by atoms with Gasteiger partial charge in [0.25, 0.3) is 0 Å². The molecule has 0 aliphatic heterocycles. The summed E-state index contributed by atoms with van der Waals surface area (Å²) in [6, 6.07) is 11.0. The number of aryl methyl sites for hydroxylation is 2. The lowest BCUT2D eigenvalue weighted by molar-refractivity contribution is -0.680. The van der Waals surface area contributed by atoms with Crippen molar-refractivity contribution in [2.24, 2.45) is 0 Å². The predicted octanol–water partition coefficient (Wildman–Crippen LogP) is 0.0642. The van der Waals surface area contributed by atoms with Crippen LogP contribution in [-0.2, 0) is 6.54 Å². The van der Waals surface area contributed by atoms with E-state index >= 15 is 0 Å². The summed E-state index contributed by atoms with van der Waals surface area (Å²) in [6.07, 6.45) is 0. The van der Waals surface area contributed by atoms with Crippen molar-refractivity contribution < 1.29 is 28.5 Å². The zero-order chi connectivity index (χ0) is 10.1. The van der Waals surface area contributed by atoms with Crippen LogP contribution in [0.1, 0.15) is 12.5 Å². The highest BCUT2D eigenvalue weighted by atomic mass is 127. The molecule has 0 spiro atoms. The van der Waals surface area contributed by atoms with Gasteiger partial charge >= 0.3 is 0 Å². The van der Waals surface area contributed by atoms with Crippen LogP contribution in [0.4, 0.5) is 0 Å². The Balaban J connectivity index is 0.00000112. The van der Waals surface area contributed by atoms with E-state index in [2.05, 4.69) is 71.3 Å². The monoisotopic (exact) mass is 425 g/mol. The zero-order valence-corrected chi connectivity index (χ0v) is 13.1. The molecule has 0 radical (unpaired) electrons. The van der Waals surface area contributed by atoms with Gasteiger partial charge in [-0.2, -0.15) is 4.57 Å². The van der Waals surface area contributed by atoms with Crippen molar-refractivity contribution >= 4 is 33.5 Å². The van der Waals surface area contributed by atoms with E-state index in [0.29, 0.717) is 0 Å². The summed E-state index contributed by atoms with van der Waals surface area (Å²) in [4.78, 5) is 0. The van der Waals surface area contributed by atoms with Gasteiger partial charge in [0.1, 0.15) is 6.54 Å². The SMILES string of the molecule is CC[n+]1c(I)ccc2cc(C)ccc21.[I-]. The molecular formula is C12H13I2N. The van der Waals surface area contributed by atoms with E-state index in [1.165, 1.54) is 20.2 Å². The van der Waals surface area contributed by atoms with Gasteiger partial charge in [0, 0.05) is 40.1 Å². The van der Waals surface area contributed by atoms with Crippen LogP contribution in [0.3, 0.4) is 0 Å². The number of fused-ring (bicyclic) bond motifs is 1. The van der Waals surface area contributed by atoms with Crippen LogP contribution in [0.25, 0.3) is 10.9 Å². The Labute approximate surface area is 121 Å². The molecule has 0 saturated heterocycles. The number of rotatable bonds is 1. The number of pyridine rings is 1. The Kier molecular flexibility index (Phi) is 4.76. The molecule has 0 unspecified atom stereocenters. The Morgan fingerprint density at radius 2 is 1.93 bits per heavy atom. The van der Waals surface area contributed by atoms with Crippen molar-refractivity contribution in [1.82, 2.24) is 0 Å². The van der Waals surface area contributed by atoms with E-state index in [0.717, 1.165) is 6.54 Å². The molecule has 0 N–H and O–H groups in total. The first kappa shape index (κ1) is 13.2. The fourth-order valence-corrected chi connectivity index (χ4v) is 2.52. The highest BCUT2D eigenvalue weighted by Crippen LogP contribution is 2.13. The third kappa shape index (κ3) is 2.61. The summed E-state index contributed by atoms with van der Waals surface area (Å²) < 4.78 is 3.62. The molecule has 15 heavy (non-hydrogen) atoms. The van der Waals surface area contributed by atoms with Crippen LogP contribution in [-0.4, -0.2) is 0 Å². The fraction of sp³-hybridized carbons (Fsp3) is 0.250. The lowest BCUT2D eigenvalue weighted by atomic mass is 10.1. The molecule has 80 valence electrons. The van der Waals surface area contributed by atoms with Gasteiger partial charge in [-0.3, -0.25) is 0 Å². The normalized spacial score (nSPS) is 10.1. The molecule has 0 amide bonds. The van der Waals surface area contributed by atoms with E-state index in [1.807, 2.05) is 0 Å². The average molecular weight is 425 g/mol. The molecule has 3 heteroatoms. The summed E-state index contributed by atoms with van der Waals surface area (Å²) in [5.41, 5.74) is 2.64. The van der Waals surface area contributed by atoms with E-state index < -0.39 is 0 Å². The van der Waals surface area contributed by atoms with Gasteiger partial charge in [-0.25, -0.2) is 0 Å². The number of hydrogen-bond donors (Lipinski definition) is 0. The van der Waals surface area contributed by atoms with Crippen LogP contribution < -0.4 is 28.5 Å². The summed E-state index contributed by atoms with van der Waals surface area (Å²) in [5, 5.41) is 1.33. The molecular weight excluding hydrogens is 412 g/mol. The van der Waals surface area contributed by atoms with E-state index in [1.54, 1.807) is 0 Å². The molecule has 0 atom stereocenters. The number of aromatic nitrogens is 1. The van der Waals surface area contributed by atoms with Gasteiger partial charge in [0.15, 0.2) is 0 Å². The standard InChI is InChI=1S/C12H13IN.HI/c1-3-14-11-6-4-9(2)8-10(11)5-7-12(14)13;/h4-8H,3H2,1-2H3;1H/q+1;/p-1. The van der Waals surface area contributed by atoms with E-state index in [9.17, 15) is 0 Å². The van der Waals surface area contributed by atoms with Crippen LogP contribution in [0.2, 0.25) is 0 Å². The Morgan fingerprint density at radius 1 is 1.20 bits per heavy atom. The Bertz CT molecular complexity index is 480. The topological polar surface area (TPSA) is 3.88 Å². The van der Waals surface area contributed by atoms with Crippen LogP contribution in [0.15, 0.2) is 30.3 Å². The van der Waals surface area contributed by atoms with Gasteiger partial charge < -0.3 is 24.0 Å². The minimum absolute atomic E-state index is 0. The molecule has 1 aromatic carbocycles. The molecule has 2 aromatic rings. The molecule has 0 aliphatic carbocycles. The van der Waals surface area contributed by atoms with Crippen molar-refractivity contribution in [2.45, 2.75) is 20.4 Å². The summed E-state index contributed by atoms with van der Waals surface area (Å²) >= 11 is 2.38. The lowest BCUT2D eigenvalue weighted by Crippen LogP contribution is -3.00.